The molecule has 0 spiro atoms. The lowest BCUT2D eigenvalue weighted by molar-refractivity contribution is -0.140. The summed E-state index contributed by atoms with van der Waals surface area (Å²) in [6.07, 6.45) is 1.54. The number of carboxylic acids is 1. The number of hydrogen-bond acceptors (Lipinski definition) is 4. The van der Waals surface area contributed by atoms with Crippen LogP contribution in [0, 0.1) is 0 Å². The molecule has 2 heterocycles. The van der Waals surface area contributed by atoms with Crippen molar-refractivity contribution in [2.45, 2.75) is 17.4 Å². The lowest BCUT2D eigenvalue weighted by Crippen LogP contribution is -2.46. The van der Waals surface area contributed by atoms with Crippen LogP contribution in [-0.4, -0.2) is 37.3 Å². The highest BCUT2D eigenvalue weighted by Crippen LogP contribution is 2.63. The van der Waals surface area contributed by atoms with Crippen LogP contribution in [0.15, 0.2) is 89.7 Å². The molecular formula is C25H18BrClN4O3. The Labute approximate surface area is 208 Å². The number of carboxylic acid groups (broad SMARTS) is 1. The number of nitrogens with zero attached hydrogens (tertiary/aromatic N) is 3. The maximum Gasteiger partial charge on any atom is 0.330 e. The van der Waals surface area contributed by atoms with Gasteiger partial charge in [-0.05, 0) is 39.2 Å². The molecule has 34 heavy (non-hydrogen) atoms. The summed E-state index contributed by atoms with van der Waals surface area (Å²) in [5.41, 5.74) is 0.247. The summed E-state index contributed by atoms with van der Waals surface area (Å²) in [5.74, 6) is -2.34. The number of rotatable bonds is 6. The van der Waals surface area contributed by atoms with Gasteiger partial charge in [0.1, 0.15) is 10.3 Å². The van der Waals surface area contributed by atoms with Crippen molar-refractivity contribution in [2.24, 2.45) is 0 Å². The second-order valence-corrected chi connectivity index (χ2v) is 9.20. The van der Waals surface area contributed by atoms with Crippen molar-refractivity contribution in [3.8, 4) is 5.82 Å². The SMILES string of the molecule is O=C(NC1(C(=O)O)C(c2ccccc2)C1c1ccccc1)c1cc(Br)nn1-c1ncccc1Cl. The quantitative estimate of drug-likeness (QED) is 0.368. The summed E-state index contributed by atoms with van der Waals surface area (Å²) in [4.78, 5) is 30.5. The molecule has 9 heteroatoms. The van der Waals surface area contributed by atoms with Crippen molar-refractivity contribution in [2.75, 3.05) is 0 Å². The van der Waals surface area contributed by atoms with Crippen molar-refractivity contribution in [3.63, 3.8) is 0 Å². The van der Waals surface area contributed by atoms with E-state index < -0.39 is 29.3 Å². The third-order valence-electron chi connectivity index (χ3n) is 6.05. The van der Waals surface area contributed by atoms with Crippen LogP contribution < -0.4 is 5.32 Å². The van der Waals surface area contributed by atoms with Crippen LogP contribution in [0.5, 0.6) is 0 Å². The normalized spacial score (nSPS) is 21.1. The molecule has 7 nitrogen and oxygen atoms in total. The molecule has 4 aromatic rings. The van der Waals surface area contributed by atoms with Gasteiger partial charge in [-0.25, -0.2) is 14.5 Å². The Hall–Kier alpha value is -3.49. The smallest absolute Gasteiger partial charge is 0.330 e. The molecule has 2 N–H and O–H groups in total. The maximum atomic E-state index is 13.6. The fourth-order valence-electron chi connectivity index (χ4n) is 4.55. The molecule has 2 aromatic carbocycles. The van der Waals surface area contributed by atoms with Gasteiger partial charge >= 0.3 is 5.97 Å². The average Bonchev–Trinajstić information content (AvgIpc) is 3.36. The largest absolute Gasteiger partial charge is 0.479 e. The number of halogens is 2. The predicted molar refractivity (Wildman–Crippen MR) is 130 cm³/mol. The Kier molecular flexibility index (Phi) is 5.71. The zero-order valence-electron chi connectivity index (χ0n) is 17.6. The van der Waals surface area contributed by atoms with E-state index in [0.29, 0.717) is 9.63 Å². The van der Waals surface area contributed by atoms with Gasteiger partial charge in [-0.15, -0.1) is 0 Å². The highest BCUT2D eigenvalue weighted by Gasteiger charge is 2.72. The highest BCUT2D eigenvalue weighted by molar-refractivity contribution is 9.10. The topological polar surface area (TPSA) is 97.1 Å². The molecule has 1 saturated carbocycles. The van der Waals surface area contributed by atoms with Crippen LogP contribution in [0.1, 0.15) is 33.5 Å². The van der Waals surface area contributed by atoms with Gasteiger partial charge < -0.3 is 10.4 Å². The second kappa shape index (κ2) is 8.70. The van der Waals surface area contributed by atoms with Crippen molar-refractivity contribution >= 4 is 39.4 Å². The summed E-state index contributed by atoms with van der Waals surface area (Å²) < 4.78 is 1.69. The summed E-state index contributed by atoms with van der Waals surface area (Å²) >= 11 is 9.58. The number of amides is 1. The molecule has 0 bridgehead atoms. The first kappa shape index (κ1) is 22.3. The van der Waals surface area contributed by atoms with Gasteiger partial charge in [0.15, 0.2) is 11.4 Å². The van der Waals surface area contributed by atoms with Crippen LogP contribution >= 0.6 is 27.5 Å². The predicted octanol–water partition coefficient (Wildman–Crippen LogP) is 4.82. The minimum atomic E-state index is -1.53. The first-order chi connectivity index (χ1) is 16.4. The van der Waals surface area contributed by atoms with Crippen molar-refractivity contribution in [1.82, 2.24) is 20.1 Å². The maximum absolute atomic E-state index is 13.6. The van der Waals surface area contributed by atoms with Gasteiger partial charge in [0, 0.05) is 24.1 Å². The molecule has 1 fully saturated rings. The van der Waals surface area contributed by atoms with E-state index in [0.717, 1.165) is 11.1 Å². The summed E-state index contributed by atoms with van der Waals surface area (Å²) in [5, 5.41) is 17.8. The van der Waals surface area contributed by atoms with Crippen LogP contribution in [0.25, 0.3) is 5.82 Å². The minimum absolute atomic E-state index is 0.110. The van der Waals surface area contributed by atoms with Crippen molar-refractivity contribution < 1.29 is 14.7 Å². The average molecular weight is 538 g/mol. The standard InChI is InChI=1S/C25H18BrClN4O3/c26-19-14-18(31(30-19)22-17(27)12-7-13-28-22)23(32)29-25(24(33)34)20(15-8-3-1-4-9-15)21(25)16-10-5-2-6-11-16/h1-14,20-21H,(H,29,32)(H,33,34). The van der Waals surface area contributed by atoms with Crippen LogP contribution in [-0.2, 0) is 4.79 Å². The fourth-order valence-corrected chi connectivity index (χ4v) is 5.13. The van der Waals surface area contributed by atoms with E-state index in [4.69, 9.17) is 11.6 Å². The minimum Gasteiger partial charge on any atom is -0.479 e. The van der Waals surface area contributed by atoms with E-state index in [1.165, 1.54) is 16.9 Å². The molecular weight excluding hydrogens is 520 g/mol. The summed E-state index contributed by atoms with van der Waals surface area (Å²) in [6.45, 7) is 0. The van der Waals surface area contributed by atoms with E-state index in [9.17, 15) is 14.7 Å². The Balaban J connectivity index is 1.58. The number of aliphatic carboxylic acids is 1. The molecule has 2 aromatic heterocycles. The Morgan fingerprint density at radius 3 is 2.09 bits per heavy atom. The molecule has 2 atom stereocenters. The van der Waals surface area contributed by atoms with E-state index in [1.54, 1.807) is 12.1 Å². The number of carbonyl (C=O) groups is 2. The lowest BCUT2D eigenvalue weighted by Gasteiger charge is -2.17. The van der Waals surface area contributed by atoms with E-state index in [2.05, 4.69) is 31.3 Å². The summed E-state index contributed by atoms with van der Waals surface area (Å²) in [7, 11) is 0. The van der Waals surface area contributed by atoms with Crippen LogP contribution in [0.2, 0.25) is 5.02 Å². The Bertz CT molecular complexity index is 1330. The molecule has 5 rings (SSSR count). The molecule has 0 saturated heterocycles. The van der Waals surface area contributed by atoms with E-state index in [1.807, 2.05) is 60.7 Å². The second-order valence-electron chi connectivity index (χ2n) is 7.98. The number of nitrogens with one attached hydrogen (secondary N) is 1. The van der Waals surface area contributed by atoms with Gasteiger partial charge in [0.2, 0.25) is 0 Å². The van der Waals surface area contributed by atoms with E-state index in [-0.39, 0.29) is 11.5 Å². The van der Waals surface area contributed by atoms with Crippen molar-refractivity contribution in [1.29, 1.82) is 0 Å². The van der Waals surface area contributed by atoms with Gasteiger partial charge in [0.25, 0.3) is 5.91 Å². The van der Waals surface area contributed by atoms with Gasteiger partial charge in [-0.2, -0.15) is 5.10 Å². The van der Waals surface area contributed by atoms with Crippen LogP contribution in [0.4, 0.5) is 0 Å². The zero-order valence-corrected chi connectivity index (χ0v) is 19.9. The molecule has 1 aliphatic rings. The molecule has 0 radical (unpaired) electrons. The van der Waals surface area contributed by atoms with E-state index >= 15 is 0 Å². The van der Waals surface area contributed by atoms with Gasteiger partial charge in [-0.1, -0.05) is 72.3 Å². The highest BCUT2D eigenvalue weighted by atomic mass is 79.9. The molecule has 1 amide bonds. The van der Waals surface area contributed by atoms with Gasteiger partial charge in [0.05, 0.1) is 5.02 Å². The lowest BCUT2D eigenvalue weighted by atomic mass is 10.0. The molecule has 170 valence electrons. The Morgan fingerprint density at radius 2 is 1.56 bits per heavy atom. The third kappa shape index (κ3) is 3.69. The number of pyridine rings is 1. The Morgan fingerprint density at radius 1 is 0.971 bits per heavy atom. The number of carbonyl (C=O) groups excluding carboxylic acids is 1. The number of benzene rings is 2. The number of aromatic nitrogens is 3. The molecule has 2 unspecified atom stereocenters. The number of hydrogen-bond donors (Lipinski definition) is 2. The monoisotopic (exact) mass is 536 g/mol. The third-order valence-corrected chi connectivity index (χ3v) is 6.73. The first-order valence-electron chi connectivity index (χ1n) is 10.5. The van der Waals surface area contributed by atoms with Crippen molar-refractivity contribution in [3.05, 3.63) is 112 Å². The molecule has 0 aliphatic heterocycles. The van der Waals surface area contributed by atoms with Crippen LogP contribution in [0.3, 0.4) is 0 Å². The molecule has 1 aliphatic carbocycles. The fraction of sp³-hybridized carbons (Fsp3) is 0.120. The zero-order chi connectivity index (χ0) is 23.9. The summed E-state index contributed by atoms with van der Waals surface area (Å²) in [6, 6.07) is 23.5. The van der Waals surface area contributed by atoms with Gasteiger partial charge in [-0.3, -0.25) is 4.79 Å². The first-order valence-corrected chi connectivity index (χ1v) is 11.6.